The molecule has 1 aromatic heterocycles. The zero-order valence-electron chi connectivity index (χ0n) is 11.8. The van der Waals surface area contributed by atoms with Gasteiger partial charge in [-0.15, -0.1) is 0 Å². The smallest absolute Gasteiger partial charge is 0.333 e. The van der Waals surface area contributed by atoms with Crippen LogP contribution < -0.4 is 19.5 Å². The predicted molar refractivity (Wildman–Crippen MR) is 83.1 cm³/mol. The molecule has 0 atom stereocenters. The molecule has 9 heteroatoms. The molecule has 0 spiro atoms. The van der Waals surface area contributed by atoms with E-state index in [1.807, 2.05) is 0 Å². The van der Waals surface area contributed by atoms with Gasteiger partial charge in [0.2, 0.25) is 0 Å². The maximum atomic E-state index is 12.6. The zero-order valence-corrected chi connectivity index (χ0v) is 13.5. The van der Waals surface area contributed by atoms with Gasteiger partial charge < -0.3 is 15.2 Å². The number of primary amides is 1. The van der Waals surface area contributed by atoms with Gasteiger partial charge in [0.1, 0.15) is 5.69 Å². The number of thiophene rings is 1. The topological polar surface area (TPSA) is 98.9 Å². The highest BCUT2D eigenvalue weighted by Gasteiger charge is 2.33. The first-order valence-electron chi connectivity index (χ1n) is 6.01. The minimum atomic E-state index is -4.13. The molecule has 0 aliphatic heterocycles. The van der Waals surface area contributed by atoms with Crippen molar-refractivity contribution in [3.63, 3.8) is 0 Å². The average Bonchev–Trinajstić information content (AvgIpc) is 3.01. The number of rotatable bonds is 5. The zero-order chi connectivity index (χ0) is 16.3. The molecule has 118 valence electrons. The fraction of sp³-hybridized carbons (Fsp3) is 0.154. The maximum absolute atomic E-state index is 12.6. The van der Waals surface area contributed by atoms with E-state index in [1.54, 1.807) is 11.4 Å². The van der Waals surface area contributed by atoms with Crippen molar-refractivity contribution in [3.05, 3.63) is 35.0 Å². The lowest BCUT2D eigenvalue weighted by Crippen LogP contribution is -2.40. The van der Waals surface area contributed by atoms with Gasteiger partial charge in [0.25, 0.3) is 10.0 Å². The predicted octanol–water partition coefficient (Wildman–Crippen LogP) is 2.04. The summed E-state index contributed by atoms with van der Waals surface area (Å²) in [5.74, 6) is 0.384. The quantitative estimate of drug-likeness (QED) is 0.896. The summed E-state index contributed by atoms with van der Waals surface area (Å²) in [5, 5.41) is 3.01. The fourth-order valence-electron chi connectivity index (χ4n) is 1.90. The van der Waals surface area contributed by atoms with E-state index in [1.165, 1.54) is 49.1 Å². The molecular weight excluding hydrogens is 328 g/mol. The molecule has 2 N–H and O–H groups in total. The highest BCUT2D eigenvalue weighted by molar-refractivity contribution is 7.93. The summed E-state index contributed by atoms with van der Waals surface area (Å²) in [4.78, 5) is 11.8. The highest BCUT2D eigenvalue weighted by Crippen LogP contribution is 2.39. The van der Waals surface area contributed by atoms with Crippen LogP contribution in [0.2, 0.25) is 0 Å². The number of urea groups is 1. The Balaban J connectivity index is 2.67. The van der Waals surface area contributed by atoms with Gasteiger partial charge in [-0.25, -0.2) is 13.2 Å². The number of carbonyl (C=O) groups is 1. The number of benzene rings is 1. The molecule has 2 amide bonds. The van der Waals surface area contributed by atoms with Crippen molar-refractivity contribution < 1.29 is 22.7 Å². The van der Waals surface area contributed by atoms with Crippen LogP contribution in [0.5, 0.6) is 11.5 Å². The molecular formula is C13H14N2O5S2. The number of carbonyl (C=O) groups excluding carboxylic acids is 1. The monoisotopic (exact) mass is 342 g/mol. The van der Waals surface area contributed by atoms with Crippen molar-refractivity contribution in [3.8, 4) is 11.5 Å². The second-order valence-corrected chi connectivity index (χ2v) is 6.65. The van der Waals surface area contributed by atoms with Gasteiger partial charge in [0.15, 0.2) is 11.5 Å². The number of methoxy groups -OCH3 is 2. The summed E-state index contributed by atoms with van der Waals surface area (Å²) >= 11 is 1.19. The molecule has 2 aromatic rings. The third kappa shape index (κ3) is 2.72. The van der Waals surface area contributed by atoms with Gasteiger partial charge in [-0.05, 0) is 23.6 Å². The van der Waals surface area contributed by atoms with Crippen LogP contribution in [-0.2, 0) is 10.0 Å². The van der Waals surface area contributed by atoms with E-state index in [2.05, 4.69) is 0 Å². The van der Waals surface area contributed by atoms with Gasteiger partial charge in [0, 0.05) is 5.38 Å². The van der Waals surface area contributed by atoms with E-state index in [9.17, 15) is 13.2 Å². The lowest BCUT2D eigenvalue weighted by Gasteiger charge is -2.22. The number of para-hydroxylation sites is 1. The number of ether oxygens (including phenoxy) is 2. The fourth-order valence-corrected chi connectivity index (χ4v) is 4.25. The SMILES string of the molecule is COc1cccc(N(C(N)=O)S(=O)(=O)c2ccsc2)c1OC. The van der Waals surface area contributed by atoms with Gasteiger partial charge in [-0.3, -0.25) is 0 Å². The van der Waals surface area contributed by atoms with E-state index >= 15 is 0 Å². The second kappa shape index (κ2) is 6.24. The third-order valence-electron chi connectivity index (χ3n) is 2.83. The van der Waals surface area contributed by atoms with Crippen LogP contribution in [0, 0.1) is 0 Å². The molecule has 0 saturated carbocycles. The van der Waals surface area contributed by atoms with Crippen molar-refractivity contribution in [2.75, 3.05) is 18.5 Å². The van der Waals surface area contributed by atoms with Crippen molar-refractivity contribution in [1.82, 2.24) is 0 Å². The minimum Gasteiger partial charge on any atom is -0.493 e. The number of hydrogen-bond acceptors (Lipinski definition) is 6. The summed E-state index contributed by atoms with van der Waals surface area (Å²) in [6.07, 6.45) is 0. The number of amides is 2. The Labute approximate surface area is 131 Å². The highest BCUT2D eigenvalue weighted by atomic mass is 32.2. The summed E-state index contributed by atoms with van der Waals surface area (Å²) in [6.45, 7) is 0. The van der Waals surface area contributed by atoms with E-state index in [4.69, 9.17) is 15.2 Å². The summed E-state index contributed by atoms with van der Waals surface area (Å²) in [7, 11) is -1.38. The molecule has 0 radical (unpaired) electrons. The number of sulfonamides is 1. The normalized spacial score (nSPS) is 11.0. The van der Waals surface area contributed by atoms with Gasteiger partial charge >= 0.3 is 6.03 Å². The molecule has 2 rings (SSSR count). The summed E-state index contributed by atoms with van der Waals surface area (Å²) < 4.78 is 36.1. The Morgan fingerprint density at radius 2 is 1.95 bits per heavy atom. The van der Waals surface area contributed by atoms with Crippen LogP contribution in [0.3, 0.4) is 0 Å². The van der Waals surface area contributed by atoms with E-state index in [0.717, 1.165) is 0 Å². The van der Waals surface area contributed by atoms with Crippen LogP contribution in [-0.4, -0.2) is 28.7 Å². The molecule has 0 bridgehead atoms. The lowest BCUT2D eigenvalue weighted by molar-refractivity contribution is 0.256. The van der Waals surface area contributed by atoms with Gasteiger partial charge in [-0.2, -0.15) is 15.6 Å². The van der Waals surface area contributed by atoms with E-state index in [-0.39, 0.29) is 22.1 Å². The molecule has 0 saturated heterocycles. The molecule has 0 aliphatic carbocycles. The van der Waals surface area contributed by atoms with Crippen molar-refractivity contribution >= 4 is 33.1 Å². The number of hydrogen-bond donors (Lipinski definition) is 1. The first-order valence-corrected chi connectivity index (χ1v) is 8.39. The molecule has 7 nitrogen and oxygen atoms in total. The first-order chi connectivity index (χ1) is 10.4. The average molecular weight is 342 g/mol. The van der Waals surface area contributed by atoms with Crippen LogP contribution in [0.25, 0.3) is 0 Å². The van der Waals surface area contributed by atoms with Crippen LogP contribution in [0.1, 0.15) is 0 Å². The number of anilines is 1. The third-order valence-corrected chi connectivity index (χ3v) is 5.37. The van der Waals surface area contributed by atoms with Crippen LogP contribution in [0.4, 0.5) is 10.5 Å². The van der Waals surface area contributed by atoms with Crippen molar-refractivity contribution in [2.45, 2.75) is 4.90 Å². The number of nitrogens with zero attached hydrogens (tertiary/aromatic N) is 1. The van der Waals surface area contributed by atoms with Crippen LogP contribution >= 0.6 is 11.3 Å². The minimum absolute atomic E-state index is 0.0134. The largest absolute Gasteiger partial charge is 0.493 e. The lowest BCUT2D eigenvalue weighted by atomic mass is 10.2. The molecule has 1 heterocycles. The number of nitrogens with two attached hydrogens (primary N) is 1. The molecule has 0 unspecified atom stereocenters. The van der Waals surface area contributed by atoms with Gasteiger partial charge in [0.05, 0.1) is 19.1 Å². The Kier molecular flexibility index (Phi) is 4.57. The molecule has 0 fully saturated rings. The standard InChI is InChI=1S/C13H14N2O5S2/c1-19-11-5-3-4-10(12(11)20-2)15(13(14)16)22(17,18)9-6-7-21-8-9/h3-8H,1-2H3,(H2,14,16). The van der Waals surface area contributed by atoms with Gasteiger partial charge in [-0.1, -0.05) is 6.07 Å². The van der Waals surface area contributed by atoms with Crippen molar-refractivity contribution in [1.29, 1.82) is 0 Å². The van der Waals surface area contributed by atoms with E-state index < -0.39 is 16.1 Å². The maximum Gasteiger partial charge on any atom is 0.333 e. The summed E-state index contributed by atoms with van der Waals surface area (Å²) in [6, 6.07) is 4.78. The Morgan fingerprint density at radius 3 is 2.45 bits per heavy atom. The Bertz CT molecular complexity index is 772. The molecule has 0 aliphatic rings. The second-order valence-electron chi connectivity index (χ2n) is 4.08. The Morgan fingerprint density at radius 1 is 1.23 bits per heavy atom. The summed E-state index contributed by atoms with van der Waals surface area (Å²) in [5.41, 5.74) is 5.28. The van der Waals surface area contributed by atoms with E-state index in [0.29, 0.717) is 4.31 Å². The van der Waals surface area contributed by atoms with Crippen molar-refractivity contribution in [2.24, 2.45) is 5.73 Å². The van der Waals surface area contributed by atoms with Crippen LogP contribution in [0.15, 0.2) is 39.9 Å². The molecule has 22 heavy (non-hydrogen) atoms. The first kappa shape index (κ1) is 16.1. The Hall–Kier alpha value is -2.26. The molecule has 1 aromatic carbocycles.